The SMILES string of the molecule is CSc1cnc(SC)[nH]1. The lowest BCUT2D eigenvalue weighted by atomic mass is 11.0. The normalized spacial score (nSPS) is 10.0. The van der Waals surface area contributed by atoms with E-state index in [0.29, 0.717) is 0 Å². The van der Waals surface area contributed by atoms with Crippen LogP contribution in [0.15, 0.2) is 16.4 Å². The third-order valence-electron chi connectivity index (χ3n) is 0.942. The van der Waals surface area contributed by atoms with E-state index in [1.165, 1.54) is 0 Å². The molecular formula is C5H8N2S2. The molecule has 0 aliphatic carbocycles. The lowest BCUT2D eigenvalue weighted by Crippen LogP contribution is -1.69. The predicted molar refractivity (Wildman–Crippen MR) is 42.1 cm³/mol. The van der Waals surface area contributed by atoms with E-state index >= 15 is 0 Å². The largest absolute Gasteiger partial charge is 0.328 e. The second-order valence-electron chi connectivity index (χ2n) is 1.46. The molecule has 50 valence electrons. The maximum atomic E-state index is 4.09. The van der Waals surface area contributed by atoms with E-state index in [1.54, 1.807) is 23.5 Å². The number of aromatic amines is 1. The van der Waals surface area contributed by atoms with Crippen molar-refractivity contribution in [3.8, 4) is 0 Å². The van der Waals surface area contributed by atoms with Crippen LogP contribution >= 0.6 is 23.5 Å². The highest BCUT2D eigenvalue weighted by Crippen LogP contribution is 2.15. The third-order valence-corrected chi connectivity index (χ3v) is 2.18. The number of nitrogens with one attached hydrogen (secondary N) is 1. The number of nitrogens with zero attached hydrogens (tertiary/aromatic N) is 1. The van der Waals surface area contributed by atoms with Crippen LogP contribution in [0.4, 0.5) is 0 Å². The summed E-state index contributed by atoms with van der Waals surface area (Å²) in [5.74, 6) is 0. The minimum absolute atomic E-state index is 0.986. The van der Waals surface area contributed by atoms with Gasteiger partial charge in [0.15, 0.2) is 5.16 Å². The molecule has 1 aromatic heterocycles. The molecule has 0 fully saturated rings. The zero-order chi connectivity index (χ0) is 6.69. The van der Waals surface area contributed by atoms with Crippen LogP contribution in [-0.4, -0.2) is 22.5 Å². The summed E-state index contributed by atoms with van der Waals surface area (Å²) in [7, 11) is 0. The number of hydrogen-bond acceptors (Lipinski definition) is 3. The fourth-order valence-electron chi connectivity index (χ4n) is 0.495. The van der Waals surface area contributed by atoms with Gasteiger partial charge in [-0.25, -0.2) is 4.98 Å². The maximum absolute atomic E-state index is 4.09. The summed E-state index contributed by atoms with van der Waals surface area (Å²) in [6.07, 6.45) is 5.87. The molecule has 4 heteroatoms. The van der Waals surface area contributed by atoms with Crippen molar-refractivity contribution < 1.29 is 0 Å². The number of H-pyrrole nitrogens is 1. The molecule has 9 heavy (non-hydrogen) atoms. The molecule has 0 bridgehead atoms. The summed E-state index contributed by atoms with van der Waals surface area (Å²) in [6.45, 7) is 0. The molecule has 1 N–H and O–H groups in total. The molecule has 0 aliphatic rings. The third kappa shape index (κ3) is 1.66. The number of imidazole rings is 1. The first-order valence-corrected chi connectivity index (χ1v) is 4.94. The van der Waals surface area contributed by atoms with Gasteiger partial charge in [-0.1, -0.05) is 11.8 Å². The van der Waals surface area contributed by atoms with Gasteiger partial charge in [0.05, 0.1) is 11.2 Å². The molecular weight excluding hydrogens is 152 g/mol. The van der Waals surface area contributed by atoms with Gasteiger partial charge in [-0.05, 0) is 12.5 Å². The Balaban J connectivity index is 2.74. The maximum Gasteiger partial charge on any atom is 0.165 e. The summed E-state index contributed by atoms with van der Waals surface area (Å²) in [5.41, 5.74) is 0. The molecule has 0 amide bonds. The Morgan fingerprint density at radius 3 is 2.56 bits per heavy atom. The number of rotatable bonds is 2. The van der Waals surface area contributed by atoms with Gasteiger partial charge in [-0.2, -0.15) is 0 Å². The van der Waals surface area contributed by atoms with Crippen molar-refractivity contribution in [2.24, 2.45) is 0 Å². The van der Waals surface area contributed by atoms with Gasteiger partial charge in [0.25, 0.3) is 0 Å². The van der Waals surface area contributed by atoms with Crippen LogP contribution in [0.5, 0.6) is 0 Å². The van der Waals surface area contributed by atoms with Crippen molar-refractivity contribution in [2.45, 2.75) is 10.2 Å². The van der Waals surface area contributed by atoms with Crippen LogP contribution in [0.1, 0.15) is 0 Å². The first kappa shape index (κ1) is 7.02. The number of thioether (sulfide) groups is 2. The lowest BCUT2D eigenvalue weighted by molar-refractivity contribution is 1.02. The van der Waals surface area contributed by atoms with E-state index < -0.39 is 0 Å². The number of aromatic nitrogens is 2. The summed E-state index contributed by atoms with van der Waals surface area (Å²) < 4.78 is 0. The van der Waals surface area contributed by atoms with Crippen LogP contribution < -0.4 is 0 Å². The van der Waals surface area contributed by atoms with Crippen molar-refractivity contribution in [1.29, 1.82) is 0 Å². The Morgan fingerprint density at radius 2 is 2.22 bits per heavy atom. The van der Waals surface area contributed by atoms with Gasteiger partial charge in [0.2, 0.25) is 0 Å². The lowest BCUT2D eigenvalue weighted by Gasteiger charge is -1.84. The molecule has 1 aromatic rings. The molecule has 2 nitrogen and oxygen atoms in total. The summed E-state index contributed by atoms with van der Waals surface area (Å²) in [5, 5.41) is 2.11. The van der Waals surface area contributed by atoms with Crippen LogP contribution in [0.25, 0.3) is 0 Å². The van der Waals surface area contributed by atoms with Crippen molar-refractivity contribution in [2.75, 3.05) is 12.5 Å². The molecule has 0 aromatic carbocycles. The van der Waals surface area contributed by atoms with Gasteiger partial charge in [0.1, 0.15) is 0 Å². The standard InChI is InChI=1S/C5H8N2S2/c1-8-4-3-6-5(7-4)9-2/h3H,1-2H3,(H,6,7). The van der Waals surface area contributed by atoms with Crippen molar-refractivity contribution in [3.05, 3.63) is 6.20 Å². The Kier molecular flexibility index (Phi) is 2.48. The first-order chi connectivity index (χ1) is 4.36. The Labute approximate surface area is 62.8 Å². The topological polar surface area (TPSA) is 28.7 Å². The second-order valence-corrected chi connectivity index (χ2v) is 3.10. The van der Waals surface area contributed by atoms with E-state index in [4.69, 9.17) is 0 Å². The predicted octanol–water partition coefficient (Wildman–Crippen LogP) is 1.85. The molecule has 0 aliphatic heterocycles. The fourth-order valence-corrected chi connectivity index (χ4v) is 1.29. The molecule has 0 atom stereocenters. The van der Waals surface area contributed by atoms with Crippen LogP contribution in [-0.2, 0) is 0 Å². The average Bonchev–Trinajstić information content (AvgIpc) is 2.34. The summed E-state index contributed by atoms with van der Waals surface area (Å²) >= 11 is 3.30. The zero-order valence-electron chi connectivity index (χ0n) is 5.34. The van der Waals surface area contributed by atoms with Crippen molar-refractivity contribution in [1.82, 2.24) is 9.97 Å². The van der Waals surface area contributed by atoms with E-state index in [-0.39, 0.29) is 0 Å². The van der Waals surface area contributed by atoms with Crippen LogP contribution in [0, 0.1) is 0 Å². The van der Waals surface area contributed by atoms with E-state index in [0.717, 1.165) is 10.2 Å². The molecule has 0 spiro atoms. The quantitative estimate of drug-likeness (QED) is 0.669. The average molecular weight is 160 g/mol. The number of hydrogen-bond donors (Lipinski definition) is 1. The molecule has 0 saturated heterocycles. The zero-order valence-corrected chi connectivity index (χ0v) is 6.97. The van der Waals surface area contributed by atoms with Crippen molar-refractivity contribution >= 4 is 23.5 Å². The van der Waals surface area contributed by atoms with Crippen LogP contribution in [0.3, 0.4) is 0 Å². The highest BCUT2D eigenvalue weighted by molar-refractivity contribution is 7.99. The minimum Gasteiger partial charge on any atom is -0.328 e. The Hall–Kier alpha value is -0.0900. The van der Waals surface area contributed by atoms with E-state index in [2.05, 4.69) is 9.97 Å². The molecule has 1 heterocycles. The Morgan fingerprint density at radius 1 is 1.44 bits per heavy atom. The second kappa shape index (κ2) is 3.17. The van der Waals surface area contributed by atoms with Crippen LogP contribution in [0.2, 0.25) is 0 Å². The molecule has 0 radical (unpaired) electrons. The summed E-state index contributed by atoms with van der Waals surface area (Å²) in [6, 6.07) is 0. The highest BCUT2D eigenvalue weighted by atomic mass is 32.2. The summed E-state index contributed by atoms with van der Waals surface area (Å²) in [4.78, 5) is 7.22. The van der Waals surface area contributed by atoms with Gasteiger partial charge in [0, 0.05) is 0 Å². The highest BCUT2D eigenvalue weighted by Gasteiger charge is 1.94. The van der Waals surface area contributed by atoms with Gasteiger partial charge in [-0.3, -0.25) is 0 Å². The van der Waals surface area contributed by atoms with Gasteiger partial charge in [-0.15, -0.1) is 11.8 Å². The van der Waals surface area contributed by atoms with Gasteiger partial charge >= 0.3 is 0 Å². The van der Waals surface area contributed by atoms with Gasteiger partial charge < -0.3 is 4.98 Å². The first-order valence-electron chi connectivity index (χ1n) is 2.50. The van der Waals surface area contributed by atoms with E-state index in [1.807, 2.05) is 18.7 Å². The molecule has 1 rings (SSSR count). The Bertz CT molecular complexity index is 166. The van der Waals surface area contributed by atoms with E-state index in [9.17, 15) is 0 Å². The monoisotopic (exact) mass is 160 g/mol. The smallest absolute Gasteiger partial charge is 0.165 e. The molecule has 0 saturated carbocycles. The van der Waals surface area contributed by atoms with Crippen molar-refractivity contribution in [3.63, 3.8) is 0 Å². The minimum atomic E-state index is 0.986. The molecule has 0 unspecified atom stereocenters. The fraction of sp³-hybridized carbons (Fsp3) is 0.400.